The molecule has 2 aromatic rings. The first-order valence-corrected chi connectivity index (χ1v) is 9.80. The summed E-state index contributed by atoms with van der Waals surface area (Å²) in [5.41, 5.74) is 2.01. The molecule has 1 aliphatic heterocycles. The van der Waals surface area contributed by atoms with Gasteiger partial charge in [-0.2, -0.15) is 0 Å². The van der Waals surface area contributed by atoms with Crippen molar-refractivity contribution in [1.82, 2.24) is 0 Å². The third-order valence-corrected chi connectivity index (χ3v) is 5.90. The first-order valence-electron chi connectivity index (χ1n) is 9.80. The summed E-state index contributed by atoms with van der Waals surface area (Å²) in [6.07, 6.45) is 1.97. The molecule has 8 heteroatoms. The summed E-state index contributed by atoms with van der Waals surface area (Å²) in [4.78, 5) is 37.3. The smallest absolute Gasteiger partial charge is 0.309 e. The minimum absolute atomic E-state index is 0.0408. The van der Waals surface area contributed by atoms with Crippen LogP contribution in [0.5, 0.6) is 0 Å². The zero-order valence-corrected chi connectivity index (χ0v) is 16.6. The number of nitro benzene ring substituents is 1. The first kappa shape index (κ1) is 20.0. The second-order valence-electron chi connectivity index (χ2n) is 7.83. The van der Waals surface area contributed by atoms with Gasteiger partial charge in [-0.05, 0) is 54.7 Å². The van der Waals surface area contributed by atoms with Crippen LogP contribution < -0.4 is 4.90 Å². The van der Waals surface area contributed by atoms with Gasteiger partial charge < -0.3 is 9.64 Å². The molecule has 1 fully saturated rings. The van der Waals surface area contributed by atoms with Crippen molar-refractivity contribution in [2.24, 2.45) is 11.8 Å². The third kappa shape index (κ3) is 3.42. The molecule has 0 spiro atoms. The third-order valence-electron chi connectivity index (χ3n) is 5.90. The molecule has 1 amide bonds. The molecule has 2 unspecified atom stereocenters. The second-order valence-corrected chi connectivity index (χ2v) is 7.83. The number of esters is 1. The predicted molar refractivity (Wildman–Crippen MR) is 107 cm³/mol. The fraction of sp³-hybridized carbons (Fsp3) is 0.364. The van der Waals surface area contributed by atoms with Gasteiger partial charge in [-0.3, -0.25) is 19.7 Å². The minimum atomic E-state index is -0.630. The van der Waals surface area contributed by atoms with Crippen molar-refractivity contribution < 1.29 is 23.6 Å². The molecule has 0 radical (unpaired) electrons. The number of ether oxygens (including phenoxy) is 1. The van der Waals surface area contributed by atoms with E-state index in [4.69, 9.17) is 4.74 Å². The maximum atomic E-state index is 15.0. The summed E-state index contributed by atoms with van der Waals surface area (Å²) < 4.78 is 19.8. The SMILES string of the molecule is COC(=O)C(C)C1Cc2cc(F)c(-c3ccc([N+](=O)[O-])cc3)cc2N(C2CC2)C1=O. The van der Waals surface area contributed by atoms with E-state index in [0.29, 0.717) is 16.8 Å². The van der Waals surface area contributed by atoms with E-state index in [1.807, 2.05) is 0 Å². The summed E-state index contributed by atoms with van der Waals surface area (Å²) >= 11 is 0. The van der Waals surface area contributed by atoms with Crippen molar-refractivity contribution >= 4 is 23.3 Å². The molecule has 1 heterocycles. The highest BCUT2D eigenvalue weighted by molar-refractivity contribution is 6.01. The van der Waals surface area contributed by atoms with Gasteiger partial charge in [0, 0.05) is 29.4 Å². The number of carbonyl (C=O) groups is 2. The Bertz CT molecular complexity index is 1030. The van der Waals surface area contributed by atoms with Crippen LogP contribution in [0, 0.1) is 27.8 Å². The number of nitro groups is 1. The Morgan fingerprint density at radius 2 is 1.93 bits per heavy atom. The van der Waals surface area contributed by atoms with E-state index in [9.17, 15) is 24.1 Å². The van der Waals surface area contributed by atoms with Crippen LogP contribution in [0.25, 0.3) is 11.1 Å². The van der Waals surface area contributed by atoms with Gasteiger partial charge in [0.2, 0.25) is 5.91 Å². The van der Waals surface area contributed by atoms with Crippen LogP contribution in [-0.2, 0) is 20.7 Å². The lowest BCUT2D eigenvalue weighted by atomic mass is 9.82. The van der Waals surface area contributed by atoms with Gasteiger partial charge in [-0.25, -0.2) is 4.39 Å². The van der Waals surface area contributed by atoms with Crippen LogP contribution >= 0.6 is 0 Å². The molecule has 30 heavy (non-hydrogen) atoms. The van der Waals surface area contributed by atoms with Crippen molar-refractivity contribution in [2.45, 2.75) is 32.2 Å². The highest BCUT2D eigenvalue weighted by atomic mass is 19.1. The van der Waals surface area contributed by atoms with Crippen LogP contribution in [-0.4, -0.2) is 30.0 Å². The molecule has 2 aromatic carbocycles. The van der Waals surface area contributed by atoms with Crippen molar-refractivity contribution in [3.05, 3.63) is 57.9 Å². The van der Waals surface area contributed by atoms with Gasteiger partial charge in [-0.15, -0.1) is 0 Å². The molecule has 1 aliphatic carbocycles. The molecule has 156 valence electrons. The molecule has 0 aromatic heterocycles. The number of hydrogen-bond acceptors (Lipinski definition) is 5. The number of anilines is 1. The van der Waals surface area contributed by atoms with Crippen LogP contribution in [0.1, 0.15) is 25.3 Å². The fourth-order valence-electron chi connectivity index (χ4n) is 4.05. The summed E-state index contributed by atoms with van der Waals surface area (Å²) in [6, 6.07) is 8.73. The lowest BCUT2D eigenvalue weighted by Crippen LogP contribution is -2.46. The standard InChI is InChI=1S/C22H21FN2O5/c1-12(22(27)30-2)17-9-14-10-19(23)18(13-3-5-16(6-4-13)25(28)29)11-20(14)24(21(17)26)15-7-8-15/h3-6,10-12,15,17H,7-9H2,1-2H3. The Labute approximate surface area is 172 Å². The zero-order valence-electron chi connectivity index (χ0n) is 16.6. The van der Waals surface area contributed by atoms with Crippen molar-refractivity contribution in [1.29, 1.82) is 0 Å². The van der Waals surface area contributed by atoms with E-state index in [0.717, 1.165) is 12.8 Å². The predicted octanol–water partition coefficient (Wildman–Crippen LogP) is 3.88. The van der Waals surface area contributed by atoms with E-state index >= 15 is 0 Å². The largest absolute Gasteiger partial charge is 0.469 e. The Balaban J connectivity index is 1.76. The normalized spacial score (nSPS) is 19.2. The lowest BCUT2D eigenvalue weighted by molar-refractivity contribution is -0.384. The molecule has 1 saturated carbocycles. The van der Waals surface area contributed by atoms with Crippen LogP contribution in [0.2, 0.25) is 0 Å². The highest BCUT2D eigenvalue weighted by Gasteiger charge is 2.44. The molecule has 7 nitrogen and oxygen atoms in total. The monoisotopic (exact) mass is 412 g/mol. The quantitative estimate of drug-likeness (QED) is 0.422. The Kier molecular flexibility index (Phi) is 5.01. The fourth-order valence-corrected chi connectivity index (χ4v) is 4.05. The maximum absolute atomic E-state index is 15.0. The zero-order chi connectivity index (χ0) is 21.6. The number of amides is 1. The molecular weight excluding hydrogens is 391 g/mol. The topological polar surface area (TPSA) is 89.8 Å². The summed E-state index contributed by atoms with van der Waals surface area (Å²) in [6.45, 7) is 1.66. The van der Waals surface area contributed by atoms with E-state index in [2.05, 4.69) is 0 Å². The van der Waals surface area contributed by atoms with Crippen molar-refractivity contribution in [2.75, 3.05) is 12.0 Å². The van der Waals surface area contributed by atoms with Gasteiger partial charge in [0.25, 0.3) is 5.69 Å². The minimum Gasteiger partial charge on any atom is -0.469 e. The molecule has 0 bridgehead atoms. The average Bonchev–Trinajstić information content (AvgIpc) is 3.57. The number of rotatable bonds is 5. The Hall–Kier alpha value is -3.29. The molecule has 0 saturated heterocycles. The average molecular weight is 412 g/mol. The van der Waals surface area contributed by atoms with Gasteiger partial charge >= 0.3 is 5.97 Å². The van der Waals surface area contributed by atoms with Gasteiger partial charge in [0.1, 0.15) is 5.82 Å². The molecule has 0 N–H and O–H groups in total. The van der Waals surface area contributed by atoms with Crippen LogP contribution in [0.3, 0.4) is 0 Å². The van der Waals surface area contributed by atoms with E-state index in [1.165, 1.54) is 37.4 Å². The maximum Gasteiger partial charge on any atom is 0.309 e. The summed E-state index contributed by atoms with van der Waals surface area (Å²) in [5, 5.41) is 10.9. The van der Waals surface area contributed by atoms with Crippen LogP contribution in [0.15, 0.2) is 36.4 Å². The number of halogens is 1. The number of nitrogens with zero attached hydrogens (tertiary/aromatic N) is 2. The molecule has 2 atom stereocenters. The number of methoxy groups -OCH3 is 1. The van der Waals surface area contributed by atoms with E-state index in [1.54, 1.807) is 17.9 Å². The number of benzene rings is 2. The number of non-ortho nitro benzene ring substituents is 1. The Morgan fingerprint density at radius 1 is 1.27 bits per heavy atom. The molecular formula is C22H21FN2O5. The van der Waals surface area contributed by atoms with Gasteiger partial charge in [-0.1, -0.05) is 6.92 Å². The lowest BCUT2D eigenvalue weighted by Gasteiger charge is -2.36. The van der Waals surface area contributed by atoms with E-state index < -0.39 is 28.5 Å². The van der Waals surface area contributed by atoms with E-state index in [-0.39, 0.29) is 29.6 Å². The number of fused-ring (bicyclic) bond motifs is 1. The van der Waals surface area contributed by atoms with Crippen molar-refractivity contribution in [3.63, 3.8) is 0 Å². The number of hydrogen-bond donors (Lipinski definition) is 0. The van der Waals surface area contributed by atoms with Crippen LogP contribution in [0.4, 0.5) is 15.8 Å². The second kappa shape index (κ2) is 7.51. The summed E-state index contributed by atoms with van der Waals surface area (Å²) in [7, 11) is 1.29. The van der Waals surface area contributed by atoms with Gasteiger partial charge in [0.15, 0.2) is 0 Å². The number of carbonyl (C=O) groups excluding carboxylic acids is 2. The molecule has 4 rings (SSSR count). The van der Waals surface area contributed by atoms with Gasteiger partial charge in [0.05, 0.1) is 23.9 Å². The van der Waals surface area contributed by atoms with Crippen molar-refractivity contribution in [3.8, 4) is 11.1 Å². The Morgan fingerprint density at radius 3 is 2.50 bits per heavy atom. The highest BCUT2D eigenvalue weighted by Crippen LogP contribution is 2.43. The summed E-state index contributed by atoms with van der Waals surface area (Å²) in [5.74, 6) is -2.32. The molecule has 2 aliphatic rings. The first-order chi connectivity index (χ1) is 14.3.